The maximum Gasteiger partial charge on any atom is 0.413 e. The molecule has 1 aliphatic rings. The maximum atomic E-state index is 14.0. The molecule has 0 unspecified atom stereocenters. The minimum Gasteiger partial charge on any atom is -0.274 e. The molecule has 0 fully saturated rings. The van der Waals surface area contributed by atoms with Gasteiger partial charge in [0.15, 0.2) is 0 Å². The summed E-state index contributed by atoms with van der Waals surface area (Å²) in [5.41, 5.74) is -2.26. The van der Waals surface area contributed by atoms with Crippen molar-refractivity contribution in [3.63, 3.8) is 0 Å². The van der Waals surface area contributed by atoms with E-state index in [-0.39, 0.29) is 11.0 Å². The lowest BCUT2D eigenvalue weighted by Crippen LogP contribution is -2.41. The van der Waals surface area contributed by atoms with Crippen LogP contribution in [0.5, 0.6) is 0 Å². The van der Waals surface area contributed by atoms with Gasteiger partial charge in [-0.2, -0.15) is 13.2 Å². The molecule has 0 atom stereocenters. The van der Waals surface area contributed by atoms with Crippen LogP contribution in [0, 0.1) is 5.82 Å². The number of benzene rings is 1. The summed E-state index contributed by atoms with van der Waals surface area (Å²) >= 11 is 5.53. The molecule has 1 heterocycles. The van der Waals surface area contributed by atoms with Crippen LogP contribution in [0.3, 0.4) is 0 Å². The zero-order valence-corrected chi connectivity index (χ0v) is 13.5. The number of carbonyl (C=O) groups excluding carboxylic acids is 2. The normalized spacial score (nSPS) is 16.4. The van der Waals surface area contributed by atoms with Gasteiger partial charge < -0.3 is 0 Å². The number of rotatable bonds is 2. The zero-order valence-electron chi connectivity index (χ0n) is 11.2. The predicted molar refractivity (Wildman–Crippen MR) is 75.7 cm³/mol. The number of nitrogens with zero attached hydrogens (tertiary/aromatic N) is 1. The fourth-order valence-corrected chi connectivity index (χ4v) is 3.44. The molecule has 0 bridgehead atoms. The molecule has 130 valence electrons. The van der Waals surface area contributed by atoms with E-state index in [0.29, 0.717) is 12.1 Å². The van der Waals surface area contributed by atoms with Gasteiger partial charge in [-0.1, -0.05) is 11.6 Å². The lowest BCUT2D eigenvalue weighted by atomic mass is 10.1. The molecular weight excluding hydrogens is 401 g/mol. The number of hydrogen-bond donors (Lipinski definition) is 0. The molecule has 1 aliphatic heterocycles. The van der Waals surface area contributed by atoms with Crippen LogP contribution in [-0.4, -0.2) is 26.4 Å². The van der Waals surface area contributed by atoms with Crippen molar-refractivity contribution in [3.05, 3.63) is 34.6 Å². The van der Waals surface area contributed by atoms with E-state index in [2.05, 4.69) is 0 Å². The van der Waals surface area contributed by atoms with Gasteiger partial charge in [-0.05, 0) is 12.1 Å². The molecule has 0 aliphatic carbocycles. The first-order chi connectivity index (χ1) is 10.8. The van der Waals surface area contributed by atoms with E-state index in [1.807, 2.05) is 0 Å². The summed E-state index contributed by atoms with van der Waals surface area (Å²) in [5, 5.41) is -0.616. The highest BCUT2D eigenvalue weighted by atomic mass is 35.7. The first-order valence-electron chi connectivity index (χ1n) is 5.90. The molecule has 12 heteroatoms. The molecule has 2 rings (SSSR count). The summed E-state index contributed by atoms with van der Waals surface area (Å²) in [6.45, 7) is 0. The van der Waals surface area contributed by atoms with Crippen molar-refractivity contribution < 1.29 is 35.6 Å². The number of halogens is 6. The quantitative estimate of drug-likeness (QED) is 0.430. The Bertz CT molecular complexity index is 880. The fraction of sp³-hybridized carbons (Fsp3) is 0.167. The fourth-order valence-electron chi connectivity index (χ4n) is 1.94. The Hall–Kier alpha value is -1.65. The van der Waals surface area contributed by atoms with E-state index in [1.54, 1.807) is 0 Å². The molecular formula is C12H5Cl2F4NO4S. The average Bonchev–Trinajstić information content (AvgIpc) is 2.37. The van der Waals surface area contributed by atoms with Gasteiger partial charge in [0.1, 0.15) is 10.7 Å². The van der Waals surface area contributed by atoms with Crippen LogP contribution in [0.1, 0.15) is 6.42 Å². The Labute approximate surface area is 141 Å². The van der Waals surface area contributed by atoms with Crippen LogP contribution >= 0.6 is 22.3 Å². The largest absolute Gasteiger partial charge is 0.413 e. The number of anilines is 1. The minimum atomic E-state index is -4.90. The summed E-state index contributed by atoms with van der Waals surface area (Å²) in [6, 6.07) is 0.984. The van der Waals surface area contributed by atoms with Gasteiger partial charge in [-0.3, -0.25) is 9.59 Å². The first-order valence-corrected chi connectivity index (χ1v) is 8.59. The molecule has 24 heavy (non-hydrogen) atoms. The molecule has 2 amide bonds. The van der Waals surface area contributed by atoms with Gasteiger partial charge in [-0.15, -0.1) is 0 Å². The molecule has 0 saturated carbocycles. The van der Waals surface area contributed by atoms with Gasteiger partial charge in [-0.25, -0.2) is 17.7 Å². The highest BCUT2D eigenvalue weighted by molar-refractivity contribution is 8.13. The molecule has 1 aromatic rings. The van der Waals surface area contributed by atoms with E-state index in [0.717, 1.165) is 0 Å². The standard InChI is InChI=1S/C12H5Cl2F4NO4S/c13-6-3-7(15)8(4-9(6)24(14,22)23)19-10(20)1-5(2-11(19)21)12(16,17)18/h1,3-4H,2H2. The van der Waals surface area contributed by atoms with Crippen LogP contribution in [0.2, 0.25) is 5.02 Å². The van der Waals surface area contributed by atoms with E-state index in [1.165, 1.54) is 0 Å². The average molecular weight is 406 g/mol. The second-order valence-electron chi connectivity index (χ2n) is 4.58. The number of amides is 2. The monoisotopic (exact) mass is 405 g/mol. The second kappa shape index (κ2) is 6.01. The Morgan fingerprint density at radius 2 is 1.75 bits per heavy atom. The Balaban J connectivity index is 2.59. The van der Waals surface area contributed by atoms with Crippen molar-refractivity contribution in [2.45, 2.75) is 17.5 Å². The Morgan fingerprint density at radius 1 is 1.17 bits per heavy atom. The molecule has 0 spiro atoms. The number of hydrogen-bond acceptors (Lipinski definition) is 4. The molecule has 0 N–H and O–H groups in total. The summed E-state index contributed by atoms with van der Waals surface area (Å²) < 4.78 is 74.5. The van der Waals surface area contributed by atoms with Crippen molar-refractivity contribution in [2.75, 3.05) is 4.90 Å². The van der Waals surface area contributed by atoms with Gasteiger partial charge in [0.2, 0.25) is 5.91 Å². The topological polar surface area (TPSA) is 71.5 Å². The predicted octanol–water partition coefficient (Wildman–Crippen LogP) is 3.16. The van der Waals surface area contributed by atoms with Crippen molar-refractivity contribution >= 4 is 48.8 Å². The summed E-state index contributed by atoms with van der Waals surface area (Å²) in [5.74, 6) is -4.14. The first kappa shape index (κ1) is 18.7. The van der Waals surface area contributed by atoms with Gasteiger partial charge >= 0.3 is 6.18 Å². The minimum absolute atomic E-state index is 0.0898. The lowest BCUT2D eigenvalue weighted by Gasteiger charge is -2.26. The van der Waals surface area contributed by atoms with E-state index >= 15 is 0 Å². The summed E-state index contributed by atoms with van der Waals surface area (Å²) in [7, 11) is 0.648. The van der Waals surface area contributed by atoms with Crippen molar-refractivity contribution in [1.29, 1.82) is 0 Å². The van der Waals surface area contributed by atoms with Crippen molar-refractivity contribution in [3.8, 4) is 0 Å². The lowest BCUT2D eigenvalue weighted by molar-refractivity contribution is -0.129. The molecule has 0 radical (unpaired) electrons. The summed E-state index contributed by atoms with van der Waals surface area (Å²) in [6.07, 6.45) is -5.98. The zero-order chi connectivity index (χ0) is 18.4. The Kier molecular flexibility index (Phi) is 4.68. The highest BCUT2D eigenvalue weighted by Gasteiger charge is 2.41. The third-order valence-corrected chi connectivity index (χ3v) is 4.76. The van der Waals surface area contributed by atoms with Crippen LogP contribution in [-0.2, 0) is 18.6 Å². The van der Waals surface area contributed by atoms with Gasteiger partial charge in [0, 0.05) is 22.3 Å². The molecule has 1 aromatic carbocycles. The summed E-state index contributed by atoms with van der Waals surface area (Å²) in [4.78, 5) is 22.9. The second-order valence-corrected chi connectivity index (χ2v) is 7.52. The van der Waals surface area contributed by atoms with Crippen molar-refractivity contribution in [2.24, 2.45) is 0 Å². The SMILES string of the molecule is O=C1C=C(C(F)(F)F)CC(=O)N1c1cc(S(=O)(=O)Cl)c(Cl)cc1F. The molecule has 0 saturated heterocycles. The molecule has 0 aromatic heterocycles. The van der Waals surface area contributed by atoms with E-state index < -0.39 is 60.5 Å². The molecule has 5 nitrogen and oxygen atoms in total. The van der Waals surface area contributed by atoms with Crippen LogP contribution in [0.25, 0.3) is 0 Å². The van der Waals surface area contributed by atoms with E-state index in [9.17, 15) is 35.6 Å². The third kappa shape index (κ3) is 3.55. The Morgan fingerprint density at radius 3 is 2.21 bits per heavy atom. The van der Waals surface area contributed by atoms with Crippen LogP contribution in [0.15, 0.2) is 28.7 Å². The van der Waals surface area contributed by atoms with Crippen molar-refractivity contribution in [1.82, 2.24) is 0 Å². The van der Waals surface area contributed by atoms with Crippen LogP contribution < -0.4 is 4.90 Å². The van der Waals surface area contributed by atoms with E-state index in [4.69, 9.17) is 22.3 Å². The van der Waals surface area contributed by atoms with Gasteiger partial charge in [0.05, 0.1) is 17.1 Å². The third-order valence-electron chi connectivity index (χ3n) is 2.98. The highest BCUT2D eigenvalue weighted by Crippen LogP contribution is 2.36. The van der Waals surface area contributed by atoms with Crippen LogP contribution in [0.4, 0.5) is 23.2 Å². The van der Waals surface area contributed by atoms with Gasteiger partial charge in [0.25, 0.3) is 15.0 Å². The number of alkyl halides is 3. The number of imide groups is 1. The number of carbonyl (C=O) groups is 2. The smallest absolute Gasteiger partial charge is 0.274 e. The maximum absolute atomic E-state index is 14.0.